The number of hydrogen-bond donors (Lipinski definition) is 3. The van der Waals surface area contributed by atoms with E-state index in [0.29, 0.717) is 0 Å². The third kappa shape index (κ3) is 9.47. The lowest BCUT2D eigenvalue weighted by Gasteiger charge is -2.24. The molecule has 0 spiro atoms. The third-order valence-electron chi connectivity index (χ3n) is 3.60. The van der Waals surface area contributed by atoms with Gasteiger partial charge in [-0.25, -0.2) is 0 Å². The maximum atomic E-state index is 4.76. The molecule has 0 saturated heterocycles. The minimum absolute atomic E-state index is 0. The molecule has 1 aromatic rings. The van der Waals surface area contributed by atoms with Crippen LogP contribution in [0.1, 0.15) is 47.1 Å². The van der Waals surface area contributed by atoms with Gasteiger partial charge in [0, 0.05) is 30.6 Å². The van der Waals surface area contributed by atoms with Gasteiger partial charge in [-0.3, -0.25) is 4.99 Å². The molecule has 0 unspecified atom stereocenters. The highest BCUT2D eigenvalue weighted by molar-refractivity contribution is 14.0. The van der Waals surface area contributed by atoms with Crippen LogP contribution in [-0.2, 0) is 5.41 Å². The van der Waals surface area contributed by atoms with Crippen molar-refractivity contribution in [1.82, 2.24) is 16.0 Å². The van der Waals surface area contributed by atoms with Gasteiger partial charge in [-0.2, -0.15) is 0 Å². The van der Waals surface area contributed by atoms with Crippen molar-refractivity contribution < 1.29 is 0 Å². The molecule has 0 radical (unpaired) electrons. The van der Waals surface area contributed by atoms with Crippen molar-refractivity contribution in [3.63, 3.8) is 0 Å². The average molecular weight is 446 g/mol. The number of rotatable bonds is 7. The van der Waals surface area contributed by atoms with Crippen LogP contribution in [-0.4, -0.2) is 37.7 Å². The highest BCUT2D eigenvalue weighted by atomic mass is 127. The molecule has 5 heteroatoms. The summed E-state index contributed by atoms with van der Waals surface area (Å²) in [6.07, 6.45) is 0. The van der Waals surface area contributed by atoms with E-state index in [9.17, 15) is 0 Å². The van der Waals surface area contributed by atoms with Crippen LogP contribution in [0.3, 0.4) is 0 Å². The van der Waals surface area contributed by atoms with Crippen molar-refractivity contribution >= 4 is 29.9 Å². The normalized spacial score (nSPS) is 12.5. The van der Waals surface area contributed by atoms with Gasteiger partial charge in [0.1, 0.15) is 0 Å². The van der Waals surface area contributed by atoms with E-state index in [4.69, 9.17) is 4.99 Å². The molecule has 0 aliphatic rings. The second kappa shape index (κ2) is 10.9. The predicted molar refractivity (Wildman–Crippen MR) is 117 cm³/mol. The van der Waals surface area contributed by atoms with Gasteiger partial charge in [-0.15, -0.1) is 24.0 Å². The molecule has 3 N–H and O–H groups in total. The van der Waals surface area contributed by atoms with Crippen LogP contribution in [0.25, 0.3) is 0 Å². The van der Waals surface area contributed by atoms with Crippen LogP contribution >= 0.6 is 24.0 Å². The van der Waals surface area contributed by atoms with Crippen molar-refractivity contribution in [3.05, 3.63) is 35.9 Å². The fourth-order valence-electron chi connectivity index (χ4n) is 2.22. The number of nitrogens with zero attached hydrogens (tertiary/aromatic N) is 1. The Morgan fingerprint density at radius 3 is 2.12 bits per heavy atom. The standard InChI is InChI=1S/C19H34N4.HI/c1-7-20-17(21-13-14-23-18(2,3)4)22-15-19(5,6)16-11-9-8-10-12-16;/h8-12,23H,7,13-15H2,1-6H3,(H2,20,21,22);1H. The molecule has 1 aromatic carbocycles. The topological polar surface area (TPSA) is 48.5 Å². The minimum Gasteiger partial charge on any atom is -0.357 e. The zero-order valence-corrected chi connectivity index (χ0v) is 18.4. The number of halogens is 1. The number of benzene rings is 1. The summed E-state index contributed by atoms with van der Waals surface area (Å²) in [5.41, 5.74) is 1.48. The Hall–Kier alpha value is -0.820. The smallest absolute Gasteiger partial charge is 0.191 e. The summed E-state index contributed by atoms with van der Waals surface area (Å²) in [6.45, 7) is 16.5. The Morgan fingerprint density at radius 1 is 0.958 bits per heavy atom. The zero-order valence-electron chi connectivity index (χ0n) is 16.1. The van der Waals surface area contributed by atoms with E-state index in [1.54, 1.807) is 0 Å². The van der Waals surface area contributed by atoms with Crippen LogP contribution in [0.5, 0.6) is 0 Å². The molecule has 24 heavy (non-hydrogen) atoms. The third-order valence-corrected chi connectivity index (χ3v) is 3.60. The Balaban J connectivity index is 0.00000529. The van der Waals surface area contributed by atoms with Crippen LogP contribution in [0, 0.1) is 0 Å². The highest BCUT2D eigenvalue weighted by Gasteiger charge is 2.20. The maximum Gasteiger partial charge on any atom is 0.191 e. The first-order valence-corrected chi connectivity index (χ1v) is 8.57. The summed E-state index contributed by atoms with van der Waals surface area (Å²) in [7, 11) is 0. The van der Waals surface area contributed by atoms with Crippen LogP contribution in [0.4, 0.5) is 0 Å². The fourth-order valence-corrected chi connectivity index (χ4v) is 2.22. The second-order valence-corrected chi connectivity index (χ2v) is 7.55. The van der Waals surface area contributed by atoms with Gasteiger partial charge in [0.15, 0.2) is 5.96 Å². The average Bonchev–Trinajstić information content (AvgIpc) is 2.49. The highest BCUT2D eigenvalue weighted by Crippen LogP contribution is 2.22. The molecule has 1 rings (SSSR count). The molecule has 0 aliphatic heterocycles. The molecule has 0 fully saturated rings. The lowest BCUT2D eigenvalue weighted by Crippen LogP contribution is -2.44. The van der Waals surface area contributed by atoms with Gasteiger partial charge in [-0.05, 0) is 33.3 Å². The van der Waals surface area contributed by atoms with Crippen LogP contribution < -0.4 is 16.0 Å². The van der Waals surface area contributed by atoms with E-state index in [2.05, 4.69) is 87.8 Å². The van der Waals surface area contributed by atoms with Gasteiger partial charge < -0.3 is 16.0 Å². The first kappa shape index (κ1) is 23.2. The second-order valence-electron chi connectivity index (χ2n) is 7.55. The quantitative estimate of drug-likeness (QED) is 0.260. The van der Waals surface area contributed by atoms with Gasteiger partial charge in [0.2, 0.25) is 0 Å². The van der Waals surface area contributed by atoms with E-state index in [1.165, 1.54) is 5.56 Å². The number of guanidine groups is 1. The van der Waals surface area contributed by atoms with Crippen molar-refractivity contribution in [2.24, 2.45) is 4.99 Å². The SMILES string of the molecule is CCNC(=NCC(C)(C)c1ccccc1)NCCNC(C)(C)C.I. The molecular weight excluding hydrogens is 411 g/mol. The summed E-state index contributed by atoms with van der Waals surface area (Å²) in [6, 6.07) is 10.6. The Labute approximate surface area is 165 Å². The summed E-state index contributed by atoms with van der Waals surface area (Å²) < 4.78 is 0. The van der Waals surface area contributed by atoms with Crippen molar-refractivity contribution in [2.75, 3.05) is 26.2 Å². The largest absolute Gasteiger partial charge is 0.357 e. The van der Waals surface area contributed by atoms with E-state index in [0.717, 1.165) is 32.1 Å². The van der Waals surface area contributed by atoms with Crippen molar-refractivity contribution in [2.45, 2.75) is 52.5 Å². The lowest BCUT2D eigenvalue weighted by molar-refractivity contribution is 0.428. The molecule has 0 bridgehead atoms. The van der Waals surface area contributed by atoms with Crippen molar-refractivity contribution in [3.8, 4) is 0 Å². The molecule has 0 aliphatic carbocycles. The van der Waals surface area contributed by atoms with Crippen LogP contribution in [0.2, 0.25) is 0 Å². The molecule has 4 nitrogen and oxygen atoms in total. The Kier molecular flexibility index (Phi) is 10.6. The molecular formula is C19H35IN4. The van der Waals surface area contributed by atoms with E-state index in [-0.39, 0.29) is 34.9 Å². The summed E-state index contributed by atoms with van der Waals surface area (Å²) in [5, 5.41) is 10.2. The zero-order chi connectivity index (χ0) is 17.3. The van der Waals surface area contributed by atoms with E-state index in [1.807, 2.05) is 0 Å². The van der Waals surface area contributed by atoms with Crippen molar-refractivity contribution in [1.29, 1.82) is 0 Å². The fraction of sp³-hybridized carbons (Fsp3) is 0.632. The molecule has 0 atom stereocenters. The van der Waals surface area contributed by atoms with Gasteiger partial charge in [-0.1, -0.05) is 44.2 Å². The summed E-state index contributed by atoms with van der Waals surface area (Å²) >= 11 is 0. The molecule has 138 valence electrons. The molecule has 0 aromatic heterocycles. The van der Waals surface area contributed by atoms with Gasteiger partial charge >= 0.3 is 0 Å². The van der Waals surface area contributed by atoms with Crippen LogP contribution in [0.15, 0.2) is 35.3 Å². The summed E-state index contributed by atoms with van der Waals surface area (Å²) in [4.78, 5) is 4.76. The Morgan fingerprint density at radius 2 is 1.58 bits per heavy atom. The van der Waals surface area contributed by atoms with Gasteiger partial charge in [0.25, 0.3) is 0 Å². The summed E-state index contributed by atoms with van der Waals surface area (Å²) in [5.74, 6) is 0.882. The molecule has 0 amide bonds. The monoisotopic (exact) mass is 446 g/mol. The molecule has 0 heterocycles. The van der Waals surface area contributed by atoms with Gasteiger partial charge in [0.05, 0.1) is 6.54 Å². The van der Waals surface area contributed by atoms with E-state index < -0.39 is 0 Å². The first-order valence-electron chi connectivity index (χ1n) is 8.57. The number of hydrogen-bond acceptors (Lipinski definition) is 2. The number of nitrogens with one attached hydrogen (secondary N) is 3. The maximum absolute atomic E-state index is 4.76. The van der Waals surface area contributed by atoms with E-state index >= 15 is 0 Å². The predicted octanol–water partition coefficient (Wildman–Crippen LogP) is 3.53. The number of aliphatic imine (C=N–C) groups is 1. The first-order chi connectivity index (χ1) is 10.7. The lowest BCUT2D eigenvalue weighted by atomic mass is 9.85. The Bertz CT molecular complexity index is 478. The molecule has 0 saturated carbocycles. The minimum atomic E-state index is 0.